The Hall–Kier alpha value is -2.68. The van der Waals surface area contributed by atoms with Gasteiger partial charge in [-0.25, -0.2) is 4.39 Å². The fourth-order valence-corrected chi connectivity index (χ4v) is 3.35. The third-order valence-electron chi connectivity index (χ3n) is 4.04. The van der Waals surface area contributed by atoms with Crippen molar-refractivity contribution in [2.24, 2.45) is 0 Å². The van der Waals surface area contributed by atoms with Crippen molar-refractivity contribution in [2.75, 3.05) is 0 Å². The molecule has 3 rings (SSSR count). The SMILES string of the molecule is C=CCn1c(COc2ccccc2F)nnc1SC(C)c1nc(C(C)(C)C)no1. The van der Waals surface area contributed by atoms with Crippen LogP contribution in [-0.2, 0) is 18.6 Å². The Balaban J connectivity index is 1.75. The van der Waals surface area contributed by atoms with Crippen LogP contribution >= 0.6 is 11.8 Å². The summed E-state index contributed by atoms with van der Waals surface area (Å²) in [6.07, 6.45) is 1.75. The molecular weight excluding hydrogens is 393 g/mol. The van der Waals surface area contributed by atoms with Gasteiger partial charge in [0.2, 0.25) is 5.89 Å². The van der Waals surface area contributed by atoms with Crippen LogP contribution in [0.3, 0.4) is 0 Å². The predicted octanol–water partition coefficient (Wildman–Crippen LogP) is 4.72. The zero-order chi connectivity index (χ0) is 21.0. The van der Waals surface area contributed by atoms with Gasteiger partial charge in [0.25, 0.3) is 0 Å². The molecule has 0 aliphatic carbocycles. The topological polar surface area (TPSA) is 78.9 Å². The molecule has 0 bridgehead atoms. The number of benzene rings is 1. The Morgan fingerprint density at radius 3 is 2.72 bits per heavy atom. The summed E-state index contributed by atoms with van der Waals surface area (Å²) in [5.41, 5.74) is -0.188. The highest BCUT2D eigenvalue weighted by molar-refractivity contribution is 7.99. The smallest absolute Gasteiger partial charge is 0.239 e. The summed E-state index contributed by atoms with van der Waals surface area (Å²) in [5.74, 6) is 1.51. The van der Waals surface area contributed by atoms with Gasteiger partial charge in [0.1, 0.15) is 6.61 Å². The second-order valence-corrected chi connectivity index (χ2v) is 8.79. The number of nitrogens with zero attached hydrogens (tertiary/aromatic N) is 5. The van der Waals surface area contributed by atoms with E-state index in [1.54, 1.807) is 24.3 Å². The van der Waals surface area contributed by atoms with Crippen LogP contribution in [0.15, 0.2) is 46.6 Å². The number of para-hydroxylation sites is 1. The maximum atomic E-state index is 13.8. The van der Waals surface area contributed by atoms with Crippen LogP contribution in [0, 0.1) is 5.82 Å². The zero-order valence-electron chi connectivity index (χ0n) is 16.9. The first-order valence-electron chi connectivity index (χ1n) is 9.20. The Morgan fingerprint density at radius 2 is 2.07 bits per heavy atom. The summed E-state index contributed by atoms with van der Waals surface area (Å²) in [5, 5.41) is 13.1. The summed E-state index contributed by atoms with van der Waals surface area (Å²) in [7, 11) is 0. The number of allylic oxidation sites excluding steroid dienone is 1. The lowest BCUT2D eigenvalue weighted by Gasteiger charge is -2.12. The van der Waals surface area contributed by atoms with Gasteiger partial charge in [-0.05, 0) is 19.1 Å². The molecule has 154 valence electrons. The first-order chi connectivity index (χ1) is 13.8. The number of ether oxygens (including phenoxy) is 1. The fraction of sp³-hybridized carbons (Fsp3) is 0.400. The zero-order valence-corrected chi connectivity index (χ0v) is 17.7. The van der Waals surface area contributed by atoms with E-state index in [9.17, 15) is 4.39 Å². The summed E-state index contributed by atoms with van der Waals surface area (Å²) < 4.78 is 26.6. The van der Waals surface area contributed by atoms with E-state index >= 15 is 0 Å². The summed E-state index contributed by atoms with van der Waals surface area (Å²) in [6.45, 7) is 12.4. The van der Waals surface area contributed by atoms with Crippen molar-refractivity contribution < 1.29 is 13.7 Å². The van der Waals surface area contributed by atoms with Gasteiger partial charge in [-0.3, -0.25) is 4.57 Å². The predicted molar refractivity (Wildman–Crippen MR) is 108 cm³/mol. The molecule has 3 aromatic rings. The molecule has 29 heavy (non-hydrogen) atoms. The molecule has 0 N–H and O–H groups in total. The highest BCUT2D eigenvalue weighted by atomic mass is 32.2. The van der Waals surface area contributed by atoms with Gasteiger partial charge in [-0.15, -0.1) is 16.8 Å². The molecule has 0 radical (unpaired) electrons. The van der Waals surface area contributed by atoms with Crippen molar-refractivity contribution in [3.63, 3.8) is 0 Å². The Bertz CT molecular complexity index is 979. The van der Waals surface area contributed by atoms with Crippen molar-refractivity contribution in [1.82, 2.24) is 24.9 Å². The molecule has 1 aromatic carbocycles. The molecule has 0 amide bonds. The minimum atomic E-state index is -0.420. The lowest BCUT2D eigenvalue weighted by Crippen LogP contribution is -2.13. The second-order valence-electron chi connectivity index (χ2n) is 7.48. The van der Waals surface area contributed by atoms with Crippen LogP contribution in [0.2, 0.25) is 0 Å². The van der Waals surface area contributed by atoms with Gasteiger partial charge in [0, 0.05) is 12.0 Å². The van der Waals surface area contributed by atoms with Crippen LogP contribution < -0.4 is 4.74 Å². The number of halogens is 1. The quantitative estimate of drug-likeness (QED) is 0.388. The summed E-state index contributed by atoms with van der Waals surface area (Å²) in [6, 6.07) is 6.25. The highest BCUT2D eigenvalue weighted by Gasteiger charge is 2.25. The van der Waals surface area contributed by atoms with Gasteiger partial charge in [-0.1, -0.05) is 55.9 Å². The molecule has 0 spiro atoms. The third-order valence-corrected chi connectivity index (χ3v) is 5.11. The van der Waals surface area contributed by atoms with Crippen LogP contribution in [0.4, 0.5) is 4.39 Å². The second kappa shape index (κ2) is 8.77. The summed E-state index contributed by atoms with van der Waals surface area (Å²) in [4.78, 5) is 4.50. The average Bonchev–Trinajstić information content (AvgIpc) is 3.30. The summed E-state index contributed by atoms with van der Waals surface area (Å²) >= 11 is 1.45. The number of hydrogen-bond donors (Lipinski definition) is 0. The van der Waals surface area contributed by atoms with Gasteiger partial charge < -0.3 is 9.26 Å². The van der Waals surface area contributed by atoms with Crippen molar-refractivity contribution in [1.29, 1.82) is 0 Å². The fourth-order valence-electron chi connectivity index (χ4n) is 2.44. The molecule has 0 aliphatic rings. The highest BCUT2D eigenvalue weighted by Crippen LogP contribution is 2.34. The normalized spacial score (nSPS) is 12.7. The number of thioether (sulfide) groups is 1. The maximum absolute atomic E-state index is 13.8. The number of rotatable bonds is 8. The Labute approximate surface area is 173 Å². The third kappa shape index (κ3) is 5.03. The number of aromatic nitrogens is 5. The molecular formula is C20H24FN5O2S. The van der Waals surface area contributed by atoms with Gasteiger partial charge in [0.15, 0.2) is 28.4 Å². The molecule has 9 heteroatoms. The van der Waals surface area contributed by atoms with Crippen LogP contribution in [0.25, 0.3) is 0 Å². The van der Waals surface area contributed by atoms with Gasteiger partial charge >= 0.3 is 0 Å². The lowest BCUT2D eigenvalue weighted by molar-refractivity contribution is 0.275. The first-order valence-corrected chi connectivity index (χ1v) is 10.1. The van der Waals surface area contributed by atoms with E-state index in [1.807, 2.05) is 32.3 Å². The van der Waals surface area contributed by atoms with E-state index in [-0.39, 0.29) is 23.0 Å². The average molecular weight is 418 g/mol. The van der Waals surface area contributed by atoms with Crippen molar-refractivity contribution in [2.45, 2.75) is 56.7 Å². The molecule has 0 fully saturated rings. The molecule has 0 aliphatic heterocycles. The molecule has 1 atom stereocenters. The Kier molecular flexibility index (Phi) is 6.36. The van der Waals surface area contributed by atoms with E-state index in [2.05, 4.69) is 26.9 Å². The van der Waals surface area contributed by atoms with Crippen molar-refractivity contribution in [3.8, 4) is 5.75 Å². The minimum Gasteiger partial charge on any atom is -0.483 e. The van der Waals surface area contributed by atoms with Crippen molar-refractivity contribution >= 4 is 11.8 Å². The monoisotopic (exact) mass is 417 g/mol. The van der Waals surface area contributed by atoms with E-state index in [1.165, 1.54) is 17.8 Å². The largest absolute Gasteiger partial charge is 0.483 e. The minimum absolute atomic E-state index is 0.0887. The van der Waals surface area contributed by atoms with Crippen molar-refractivity contribution in [3.05, 3.63) is 60.3 Å². The molecule has 2 aromatic heterocycles. The maximum Gasteiger partial charge on any atom is 0.239 e. The van der Waals surface area contributed by atoms with Gasteiger partial charge in [-0.2, -0.15) is 4.98 Å². The number of hydrogen-bond acceptors (Lipinski definition) is 7. The molecule has 0 saturated heterocycles. The van der Waals surface area contributed by atoms with E-state index in [0.29, 0.717) is 29.2 Å². The van der Waals surface area contributed by atoms with Crippen LogP contribution in [0.1, 0.15) is 50.5 Å². The lowest BCUT2D eigenvalue weighted by atomic mass is 9.96. The van der Waals surface area contributed by atoms with Gasteiger partial charge in [0.05, 0.1) is 5.25 Å². The molecule has 2 heterocycles. The molecule has 1 unspecified atom stereocenters. The molecule has 7 nitrogen and oxygen atoms in total. The van der Waals surface area contributed by atoms with E-state index in [0.717, 1.165) is 0 Å². The van der Waals surface area contributed by atoms with Crippen LogP contribution in [0.5, 0.6) is 5.75 Å². The first kappa shape index (κ1) is 21.0. The van der Waals surface area contributed by atoms with E-state index in [4.69, 9.17) is 9.26 Å². The molecule has 0 saturated carbocycles. The van der Waals surface area contributed by atoms with Crippen LogP contribution in [-0.4, -0.2) is 24.9 Å². The standard InChI is InChI=1S/C20H24FN5O2S/c1-6-11-26-16(12-27-15-10-8-7-9-14(15)21)23-24-19(26)29-13(2)17-22-18(25-28-17)20(3,4)5/h6-10,13H,1,11-12H2,2-5H3. The van der Waals surface area contributed by atoms with E-state index < -0.39 is 5.82 Å². The Morgan fingerprint density at radius 1 is 1.31 bits per heavy atom.